The number of hydrogen-bond acceptors (Lipinski definition) is 5. The number of carbonyl (C=O) groups is 1. The number of aromatic nitrogens is 4. The second kappa shape index (κ2) is 9.58. The molecule has 184 valence electrons. The number of fused-ring (bicyclic) bond motifs is 1. The zero-order chi connectivity index (χ0) is 26.0. The fourth-order valence-corrected chi connectivity index (χ4v) is 3.47. The molecule has 36 heavy (non-hydrogen) atoms. The first kappa shape index (κ1) is 24.5. The minimum atomic E-state index is -4.51. The molecule has 4 aromatic rings. The van der Waals surface area contributed by atoms with Crippen molar-refractivity contribution < 1.29 is 18.0 Å². The van der Waals surface area contributed by atoms with E-state index in [2.05, 4.69) is 37.5 Å². The van der Waals surface area contributed by atoms with Gasteiger partial charge in [-0.25, -0.2) is 19.4 Å². The smallest absolute Gasteiger partial charge is 0.383 e. The first-order valence-electron chi connectivity index (χ1n) is 10.9. The predicted octanol–water partition coefficient (Wildman–Crippen LogP) is 5.36. The van der Waals surface area contributed by atoms with Crippen LogP contribution in [0.3, 0.4) is 0 Å². The van der Waals surface area contributed by atoms with E-state index in [9.17, 15) is 18.0 Å². The molecule has 0 saturated carbocycles. The van der Waals surface area contributed by atoms with Crippen molar-refractivity contribution in [2.45, 2.75) is 33.0 Å². The van der Waals surface area contributed by atoms with E-state index >= 15 is 0 Å². The number of nitrogen functional groups attached to an aromatic ring is 1. The average molecular weight is 493 g/mol. The van der Waals surface area contributed by atoms with Gasteiger partial charge in [-0.1, -0.05) is 18.1 Å². The maximum Gasteiger partial charge on any atom is 0.416 e. The van der Waals surface area contributed by atoms with E-state index in [0.717, 1.165) is 17.7 Å². The van der Waals surface area contributed by atoms with Crippen LogP contribution in [0.5, 0.6) is 0 Å². The number of benzene rings is 2. The Bertz CT molecular complexity index is 1510. The summed E-state index contributed by atoms with van der Waals surface area (Å²) in [7, 11) is 0. The monoisotopic (exact) mass is 493 g/mol. The van der Waals surface area contributed by atoms with E-state index in [1.165, 1.54) is 18.5 Å². The van der Waals surface area contributed by atoms with Crippen LogP contribution in [-0.4, -0.2) is 25.8 Å². The van der Waals surface area contributed by atoms with Gasteiger partial charge in [-0.2, -0.15) is 18.3 Å². The van der Waals surface area contributed by atoms with Crippen LogP contribution >= 0.6 is 0 Å². The van der Waals surface area contributed by atoms with Crippen LogP contribution in [-0.2, 0) is 6.18 Å². The topological polar surface area (TPSA) is 111 Å². The number of nitrogens with zero attached hydrogens (tertiary/aromatic N) is 4. The molecule has 0 saturated heterocycles. The second-order valence-corrected chi connectivity index (χ2v) is 8.28. The zero-order valence-electron chi connectivity index (χ0n) is 19.6. The summed E-state index contributed by atoms with van der Waals surface area (Å²) in [5, 5.41) is 10.1. The Balaban J connectivity index is 1.58. The van der Waals surface area contributed by atoms with E-state index in [1.807, 2.05) is 20.8 Å². The van der Waals surface area contributed by atoms with E-state index < -0.39 is 17.8 Å². The highest BCUT2D eigenvalue weighted by molar-refractivity contribution is 6.00. The van der Waals surface area contributed by atoms with Gasteiger partial charge in [0.2, 0.25) is 0 Å². The number of urea groups is 1. The van der Waals surface area contributed by atoms with E-state index in [4.69, 9.17) is 5.73 Å². The van der Waals surface area contributed by atoms with Crippen molar-refractivity contribution in [1.29, 1.82) is 0 Å². The maximum atomic E-state index is 12.9. The quantitative estimate of drug-likeness (QED) is 0.333. The summed E-state index contributed by atoms with van der Waals surface area (Å²) >= 11 is 0. The van der Waals surface area contributed by atoms with Crippen LogP contribution in [0.4, 0.5) is 35.2 Å². The van der Waals surface area contributed by atoms with E-state index in [1.54, 1.807) is 22.9 Å². The first-order chi connectivity index (χ1) is 17.0. The van der Waals surface area contributed by atoms with Crippen LogP contribution < -0.4 is 16.4 Å². The lowest BCUT2D eigenvalue weighted by Crippen LogP contribution is -2.20. The summed E-state index contributed by atoms with van der Waals surface area (Å²) in [5.41, 5.74) is 8.11. The molecule has 0 atom stereocenters. The molecule has 2 aromatic carbocycles. The van der Waals surface area contributed by atoms with Crippen LogP contribution in [0, 0.1) is 18.8 Å². The highest BCUT2D eigenvalue weighted by Crippen LogP contribution is 2.30. The number of carbonyl (C=O) groups excluding carboxylic acids is 1. The third-order valence-corrected chi connectivity index (χ3v) is 5.27. The molecule has 0 spiro atoms. The number of hydrogen-bond donors (Lipinski definition) is 3. The largest absolute Gasteiger partial charge is 0.416 e. The van der Waals surface area contributed by atoms with Crippen molar-refractivity contribution >= 4 is 34.3 Å². The minimum absolute atomic E-state index is 0.0156. The van der Waals surface area contributed by atoms with Gasteiger partial charge in [0, 0.05) is 23.0 Å². The van der Waals surface area contributed by atoms with Crippen LogP contribution in [0.15, 0.2) is 48.8 Å². The predicted molar refractivity (Wildman–Crippen MR) is 131 cm³/mol. The van der Waals surface area contributed by atoms with Gasteiger partial charge in [-0.15, -0.1) is 0 Å². The lowest BCUT2D eigenvalue weighted by Gasteiger charge is -2.11. The number of rotatable bonds is 3. The molecule has 0 aliphatic rings. The number of halogens is 3. The molecular weight excluding hydrogens is 471 g/mol. The van der Waals surface area contributed by atoms with E-state index in [-0.39, 0.29) is 17.5 Å². The highest BCUT2D eigenvalue weighted by atomic mass is 19.4. The number of alkyl halides is 3. The molecule has 0 bridgehead atoms. The Morgan fingerprint density at radius 3 is 2.47 bits per heavy atom. The summed E-state index contributed by atoms with van der Waals surface area (Å²) in [4.78, 5) is 20.7. The number of amides is 2. The summed E-state index contributed by atoms with van der Waals surface area (Å²) in [6, 6.07) is 8.83. The van der Waals surface area contributed by atoms with Gasteiger partial charge in [0.25, 0.3) is 0 Å². The van der Waals surface area contributed by atoms with Crippen LogP contribution in [0.2, 0.25) is 0 Å². The molecule has 8 nitrogen and oxygen atoms in total. The summed E-state index contributed by atoms with van der Waals surface area (Å²) < 4.78 is 40.5. The minimum Gasteiger partial charge on any atom is -0.383 e. The molecule has 11 heteroatoms. The SMILES string of the molecule is Cc1ccc(NC(=O)Nc2cccc(C(F)(F)F)c2)cc1C#Cc1nn(C(C)C)c2ncnc(N)c12. The number of anilines is 3. The Labute approximate surface area is 204 Å². The van der Waals surface area contributed by atoms with Crippen molar-refractivity contribution in [2.24, 2.45) is 0 Å². The Hall–Kier alpha value is -4.59. The normalized spacial score (nSPS) is 11.3. The molecule has 0 aliphatic carbocycles. The van der Waals surface area contributed by atoms with Gasteiger partial charge < -0.3 is 16.4 Å². The lowest BCUT2D eigenvalue weighted by molar-refractivity contribution is -0.137. The van der Waals surface area contributed by atoms with Gasteiger partial charge in [0.05, 0.1) is 10.9 Å². The maximum absolute atomic E-state index is 12.9. The summed E-state index contributed by atoms with van der Waals surface area (Å²) in [5.74, 6) is 6.35. The highest BCUT2D eigenvalue weighted by Gasteiger charge is 2.30. The van der Waals surface area contributed by atoms with Crippen LogP contribution in [0.1, 0.15) is 42.3 Å². The molecule has 2 aromatic heterocycles. The third-order valence-electron chi connectivity index (χ3n) is 5.27. The fourth-order valence-electron chi connectivity index (χ4n) is 3.47. The van der Waals surface area contributed by atoms with Gasteiger partial charge in [-0.05, 0) is 62.6 Å². The van der Waals surface area contributed by atoms with Crippen molar-refractivity contribution in [1.82, 2.24) is 19.7 Å². The number of aryl methyl sites for hydroxylation is 1. The molecule has 0 aliphatic heterocycles. The summed E-state index contributed by atoms with van der Waals surface area (Å²) in [6.45, 7) is 5.79. The first-order valence-corrected chi connectivity index (χ1v) is 10.9. The van der Waals surface area contributed by atoms with Gasteiger partial charge in [0.15, 0.2) is 5.65 Å². The fraction of sp³-hybridized carbons (Fsp3) is 0.200. The molecule has 4 N–H and O–H groups in total. The van der Waals surface area contributed by atoms with Crippen molar-refractivity contribution in [2.75, 3.05) is 16.4 Å². The molecule has 0 radical (unpaired) electrons. The molecule has 0 fully saturated rings. The Morgan fingerprint density at radius 1 is 1.06 bits per heavy atom. The van der Waals surface area contributed by atoms with E-state index in [0.29, 0.717) is 28.0 Å². The third kappa shape index (κ3) is 5.22. The second-order valence-electron chi connectivity index (χ2n) is 8.28. The number of nitrogens with two attached hydrogens (primary N) is 1. The molecule has 2 amide bonds. The number of nitrogens with one attached hydrogen (secondary N) is 2. The molecular formula is C25H22F3N7O. The van der Waals surface area contributed by atoms with Crippen LogP contribution in [0.25, 0.3) is 11.0 Å². The molecule has 2 heterocycles. The van der Waals surface area contributed by atoms with Crippen molar-refractivity contribution in [3.05, 3.63) is 71.2 Å². The van der Waals surface area contributed by atoms with Gasteiger partial charge in [0.1, 0.15) is 17.8 Å². The van der Waals surface area contributed by atoms with Crippen molar-refractivity contribution in [3.63, 3.8) is 0 Å². The lowest BCUT2D eigenvalue weighted by atomic mass is 10.1. The molecule has 0 unspecified atom stereocenters. The van der Waals surface area contributed by atoms with Gasteiger partial charge >= 0.3 is 12.2 Å². The Kier molecular flexibility index (Phi) is 6.53. The summed E-state index contributed by atoms with van der Waals surface area (Å²) in [6.07, 6.45) is -3.13. The average Bonchev–Trinajstić information content (AvgIpc) is 3.19. The van der Waals surface area contributed by atoms with Gasteiger partial charge in [-0.3, -0.25) is 0 Å². The molecule has 4 rings (SSSR count). The standard InChI is InChI=1S/C25H22F3N7O/c1-14(2)35-23-21(22(29)30-13-31-23)20(34-35)10-8-16-11-19(9-7-15(16)3)33-24(36)32-18-6-4-5-17(12-18)25(26,27)28/h4-7,9,11-14H,1-3H3,(H2,29,30,31)(H2,32,33,36). The Morgan fingerprint density at radius 2 is 1.78 bits per heavy atom. The zero-order valence-corrected chi connectivity index (χ0v) is 19.6. The van der Waals surface area contributed by atoms with Crippen molar-refractivity contribution in [3.8, 4) is 11.8 Å².